The van der Waals surface area contributed by atoms with Crippen LogP contribution in [0, 0.1) is 6.92 Å². The van der Waals surface area contributed by atoms with Crippen molar-refractivity contribution >= 4 is 63.7 Å². The normalized spacial score (nSPS) is 19.0. The van der Waals surface area contributed by atoms with Gasteiger partial charge in [0.15, 0.2) is 0 Å². The van der Waals surface area contributed by atoms with Crippen LogP contribution in [0.5, 0.6) is 11.8 Å². The number of ether oxygens (including phenoxy) is 2. The van der Waals surface area contributed by atoms with Gasteiger partial charge in [-0.15, -0.1) is 0 Å². The molecular formula is C48H66BrN12O6PdS2-. The molecule has 0 aliphatic carbocycles. The van der Waals surface area contributed by atoms with Crippen LogP contribution in [-0.2, 0) is 66.4 Å². The van der Waals surface area contributed by atoms with Crippen LogP contribution in [0.2, 0.25) is 0 Å². The van der Waals surface area contributed by atoms with E-state index in [0.717, 1.165) is 100 Å². The van der Waals surface area contributed by atoms with E-state index in [1.807, 2.05) is 44.4 Å². The van der Waals surface area contributed by atoms with Crippen molar-refractivity contribution in [3.8, 4) is 11.8 Å². The summed E-state index contributed by atoms with van der Waals surface area (Å²) in [6.45, 7) is 18.2. The fraction of sp³-hybridized carbons (Fsp3) is 0.521. The van der Waals surface area contributed by atoms with Crippen molar-refractivity contribution in [3.63, 3.8) is 0 Å². The molecular weight excluding hydrogens is 1090 g/mol. The number of hydrogen-bond donors (Lipinski definition) is 3. The summed E-state index contributed by atoms with van der Waals surface area (Å²) >= 11 is 3.46. The van der Waals surface area contributed by atoms with E-state index in [1.165, 1.54) is 23.6 Å². The molecule has 2 fully saturated rings. The predicted octanol–water partition coefficient (Wildman–Crippen LogP) is 7.05. The summed E-state index contributed by atoms with van der Waals surface area (Å²) in [7, 11) is -6.22. The Bertz CT molecular complexity index is 2910. The number of aromatic nitrogens is 8. The summed E-state index contributed by atoms with van der Waals surface area (Å²) in [5, 5.41) is 5.60. The standard InChI is InChI=1S/C23H30N6O3S.C14H22N4O2S.C9H9BrN2O.C2H5.Pd/c1-4-32-21-12-20(17-5-8-24-23(17)27-21)29-13-18-19(11-15(29)2)25-14-26-22(18)16-6-9-28(10-7-16)33(3,30)31;1-10-7-13-12(8-15-10)14(17-9-16-13)11-3-5-18(6-4-11)21(2,19)20;1-2-13-8-5-7(10)6-3-4-11-9(6)12-8;1-2;/h5,8,12,14-16H,4,6-7,9-11,13H2,1-3H3,(H,24,27);9-11,15H,3-8H2,1-2H3;3-5H,2H2,1H3,(H,11,12);1H2,2H3;/q;;;-1;/t15-;10-;;;/m11.../s1. The van der Waals surface area contributed by atoms with Crippen LogP contribution in [0.1, 0.15) is 106 Å². The van der Waals surface area contributed by atoms with E-state index in [4.69, 9.17) is 14.5 Å². The van der Waals surface area contributed by atoms with Gasteiger partial charge in [0, 0.05) is 147 Å². The number of nitrogens with one attached hydrogen (secondary N) is 3. The van der Waals surface area contributed by atoms with Gasteiger partial charge in [-0.05, 0) is 81.4 Å². The molecule has 2 atom stereocenters. The summed E-state index contributed by atoms with van der Waals surface area (Å²) < 4.78 is 62.2. The Morgan fingerprint density at radius 2 is 1.20 bits per heavy atom. The SMILES string of the molecule is CCOc1cc(Br)c2cc[nH]c2n1.CCOc1cc(N2Cc3c(ncnc3C3CCN(S(C)(=O)=O)CC3)C[C@H]2C)c2cc[nH]c2n1.C[C@@H]1Cc2ncnc(C3CCN(S(C)(=O)=O)CC3)c2CN1.[CH2-]C.[Pd]. The van der Waals surface area contributed by atoms with Crippen LogP contribution in [-0.4, -0.2) is 129 Å². The minimum absolute atomic E-state index is 0. The molecule has 6 aromatic rings. The first kappa shape index (κ1) is 55.2. The molecule has 384 valence electrons. The average Bonchev–Trinajstić information content (AvgIpc) is 4.02. The third-order valence-corrected chi connectivity index (χ3v) is 16.3. The molecule has 2 saturated heterocycles. The molecule has 10 heterocycles. The number of halogens is 1. The zero-order valence-electron chi connectivity index (χ0n) is 41.0. The topological polar surface area (TPSA) is 217 Å². The van der Waals surface area contributed by atoms with Crippen LogP contribution in [0.4, 0.5) is 5.69 Å². The molecule has 0 radical (unpaired) electrons. The number of pyridine rings is 2. The van der Waals surface area contributed by atoms with Gasteiger partial charge in [-0.25, -0.2) is 45.4 Å². The summed E-state index contributed by atoms with van der Waals surface area (Å²) in [4.78, 5) is 35.8. The zero-order chi connectivity index (χ0) is 49.5. The number of anilines is 1. The van der Waals surface area contributed by atoms with Crippen molar-refractivity contribution in [1.82, 2.24) is 53.8 Å². The maximum Gasteiger partial charge on any atom is 0.217 e. The molecule has 0 bridgehead atoms. The molecule has 0 aromatic carbocycles. The molecule has 10 rings (SSSR count). The second-order valence-corrected chi connectivity index (χ2v) is 22.5. The minimum atomic E-state index is -3.15. The second kappa shape index (κ2) is 24.5. The number of fused-ring (bicyclic) bond motifs is 4. The maximum atomic E-state index is 11.9. The third-order valence-electron chi connectivity index (χ3n) is 13.1. The first-order valence-electron chi connectivity index (χ1n) is 23.7. The van der Waals surface area contributed by atoms with Gasteiger partial charge in [0.05, 0.1) is 54.2 Å². The molecule has 3 N–H and O–H groups in total. The van der Waals surface area contributed by atoms with Crippen molar-refractivity contribution < 1.29 is 46.7 Å². The maximum absolute atomic E-state index is 11.9. The van der Waals surface area contributed by atoms with E-state index in [0.29, 0.717) is 69.7 Å². The summed E-state index contributed by atoms with van der Waals surface area (Å²) in [6.07, 6.45) is 14.7. The number of piperidine rings is 2. The van der Waals surface area contributed by atoms with Crippen molar-refractivity contribution in [1.29, 1.82) is 0 Å². The molecule has 0 amide bonds. The van der Waals surface area contributed by atoms with Crippen LogP contribution >= 0.6 is 15.9 Å². The summed E-state index contributed by atoms with van der Waals surface area (Å²) in [5.74, 6) is 1.83. The van der Waals surface area contributed by atoms with E-state index in [-0.39, 0.29) is 32.4 Å². The van der Waals surface area contributed by atoms with E-state index in [1.54, 1.807) is 28.2 Å². The monoisotopic (exact) mass is 1160 g/mol. The van der Waals surface area contributed by atoms with Crippen molar-refractivity contribution in [2.75, 3.05) is 56.8 Å². The smallest absolute Gasteiger partial charge is 0.217 e. The number of H-pyrrole nitrogens is 2. The van der Waals surface area contributed by atoms with Crippen molar-refractivity contribution in [2.24, 2.45) is 0 Å². The Morgan fingerprint density at radius 1 is 0.714 bits per heavy atom. The average molecular weight is 1160 g/mol. The number of hydrogen-bond acceptors (Lipinski definition) is 14. The van der Waals surface area contributed by atoms with Gasteiger partial charge < -0.3 is 36.6 Å². The molecule has 70 heavy (non-hydrogen) atoms. The second-order valence-electron chi connectivity index (χ2n) is 17.7. The van der Waals surface area contributed by atoms with Gasteiger partial charge in [0.2, 0.25) is 31.8 Å². The molecule has 4 aliphatic rings. The van der Waals surface area contributed by atoms with Gasteiger partial charge >= 0.3 is 0 Å². The van der Waals surface area contributed by atoms with Crippen LogP contribution < -0.4 is 19.7 Å². The summed E-state index contributed by atoms with van der Waals surface area (Å²) in [6, 6.07) is 8.63. The molecule has 0 spiro atoms. The number of sulfonamides is 2. The van der Waals surface area contributed by atoms with Crippen LogP contribution in [0.3, 0.4) is 0 Å². The summed E-state index contributed by atoms with van der Waals surface area (Å²) in [5.41, 5.74) is 9.58. The van der Waals surface area contributed by atoms with Crippen LogP contribution in [0.25, 0.3) is 22.1 Å². The predicted molar refractivity (Wildman–Crippen MR) is 273 cm³/mol. The number of rotatable bonds is 9. The minimum Gasteiger partial charge on any atom is -0.478 e. The Kier molecular flexibility index (Phi) is 19.3. The third kappa shape index (κ3) is 13.1. The van der Waals surface area contributed by atoms with Crippen molar-refractivity contribution in [3.05, 3.63) is 94.6 Å². The molecule has 0 unspecified atom stereocenters. The number of nitrogens with zero attached hydrogens (tertiary/aromatic N) is 9. The Hall–Kier alpha value is -4.14. The molecule has 4 aliphatic heterocycles. The van der Waals surface area contributed by atoms with E-state index in [9.17, 15) is 16.8 Å². The van der Waals surface area contributed by atoms with Gasteiger partial charge in [-0.2, -0.15) is 16.9 Å². The van der Waals surface area contributed by atoms with Crippen LogP contribution in [0.15, 0.2) is 53.8 Å². The molecule has 22 heteroatoms. The van der Waals surface area contributed by atoms with Gasteiger partial charge in [0.1, 0.15) is 23.9 Å². The van der Waals surface area contributed by atoms with E-state index in [2.05, 4.69) is 87.9 Å². The van der Waals surface area contributed by atoms with Crippen molar-refractivity contribution in [2.45, 2.75) is 110 Å². The molecule has 18 nitrogen and oxygen atoms in total. The number of aromatic amines is 2. The Labute approximate surface area is 434 Å². The fourth-order valence-corrected chi connectivity index (χ4v) is 11.9. The van der Waals surface area contributed by atoms with E-state index >= 15 is 0 Å². The quantitative estimate of drug-likeness (QED) is 0.0977. The molecule has 0 saturated carbocycles. The van der Waals surface area contributed by atoms with E-state index < -0.39 is 20.0 Å². The van der Waals surface area contributed by atoms with Gasteiger partial charge in [0.25, 0.3) is 0 Å². The molecule has 6 aromatic heterocycles. The van der Waals surface area contributed by atoms with Gasteiger partial charge in [-0.3, -0.25) is 0 Å². The Morgan fingerprint density at radius 3 is 1.73 bits per heavy atom. The Balaban J connectivity index is 0.000000185. The first-order chi connectivity index (χ1) is 33.1. The fourth-order valence-electron chi connectivity index (χ4n) is 9.60. The van der Waals surface area contributed by atoms with Gasteiger partial charge in [-0.1, -0.05) is 0 Å². The largest absolute Gasteiger partial charge is 0.478 e. The zero-order valence-corrected chi connectivity index (χ0v) is 45.8. The first-order valence-corrected chi connectivity index (χ1v) is 28.2.